The molecule has 0 aliphatic rings. The summed E-state index contributed by atoms with van der Waals surface area (Å²) in [5.74, 6) is -0.109. The molecule has 0 N–H and O–H groups in total. The predicted molar refractivity (Wildman–Crippen MR) is 113 cm³/mol. The highest BCUT2D eigenvalue weighted by Gasteiger charge is 2.34. The lowest BCUT2D eigenvalue weighted by atomic mass is 10.1. The van der Waals surface area contributed by atoms with E-state index in [2.05, 4.69) is 5.10 Å². The molecule has 0 fully saturated rings. The van der Waals surface area contributed by atoms with E-state index in [1.165, 1.54) is 37.1 Å². The van der Waals surface area contributed by atoms with Crippen LogP contribution < -0.4 is 10.2 Å². The Morgan fingerprint density at radius 1 is 1.12 bits per heavy atom. The Morgan fingerprint density at radius 2 is 1.78 bits per heavy atom. The summed E-state index contributed by atoms with van der Waals surface area (Å²) < 4.78 is 47.0. The minimum Gasteiger partial charge on any atom is -0.494 e. The molecular weight excluding hydrogens is 423 g/mol. The Morgan fingerprint density at radius 3 is 2.47 bits per heavy atom. The van der Waals surface area contributed by atoms with Gasteiger partial charge in [0.25, 0.3) is 5.91 Å². The highest BCUT2D eigenvalue weighted by Crippen LogP contribution is 2.33. The summed E-state index contributed by atoms with van der Waals surface area (Å²) in [7, 11) is 1.49. The van der Waals surface area contributed by atoms with Gasteiger partial charge in [-0.2, -0.15) is 18.3 Å². The summed E-state index contributed by atoms with van der Waals surface area (Å²) in [6.45, 7) is 3.86. The van der Waals surface area contributed by atoms with Gasteiger partial charge in [0.2, 0.25) is 5.43 Å². The second-order valence-corrected chi connectivity index (χ2v) is 7.13. The predicted octanol–water partition coefficient (Wildman–Crippen LogP) is 4.23. The van der Waals surface area contributed by atoms with Gasteiger partial charge in [-0.1, -0.05) is 30.3 Å². The third kappa shape index (κ3) is 4.82. The number of amides is 1. The molecule has 1 amide bonds. The van der Waals surface area contributed by atoms with Crippen LogP contribution >= 0.6 is 0 Å². The Bertz CT molecular complexity index is 1190. The van der Waals surface area contributed by atoms with E-state index >= 15 is 0 Å². The molecule has 32 heavy (non-hydrogen) atoms. The van der Waals surface area contributed by atoms with Crippen LogP contribution in [0.15, 0.2) is 59.4 Å². The number of carbonyl (C=O) groups excluding carboxylic acids is 1. The third-order valence-electron chi connectivity index (χ3n) is 4.77. The fourth-order valence-electron chi connectivity index (χ4n) is 3.28. The fourth-order valence-corrected chi connectivity index (χ4v) is 3.28. The van der Waals surface area contributed by atoms with Crippen molar-refractivity contribution < 1.29 is 22.7 Å². The standard InChI is InChI=1S/C23H22F3N3O3/c1-4-32-20-12-8-5-9-16(20)14-28(3)22(31)21-19(30)13-15(2)29(27-21)18-11-7-6-10-17(18)23(24,25)26/h5-13H,4,14H2,1-3H3. The van der Waals surface area contributed by atoms with Crippen LogP contribution in [0, 0.1) is 6.92 Å². The zero-order chi connectivity index (χ0) is 23.5. The number of carbonyl (C=O) groups is 1. The molecular formula is C23H22F3N3O3. The maximum atomic E-state index is 13.5. The van der Waals surface area contributed by atoms with Crippen LogP contribution in [-0.4, -0.2) is 34.2 Å². The molecule has 1 heterocycles. The lowest BCUT2D eigenvalue weighted by Gasteiger charge is -2.20. The summed E-state index contributed by atoms with van der Waals surface area (Å²) in [6.07, 6.45) is -4.63. The normalized spacial score (nSPS) is 11.3. The number of hydrogen-bond donors (Lipinski definition) is 0. The maximum Gasteiger partial charge on any atom is 0.418 e. The molecule has 2 aromatic carbocycles. The highest BCUT2D eigenvalue weighted by atomic mass is 19.4. The molecule has 9 heteroatoms. The highest BCUT2D eigenvalue weighted by molar-refractivity contribution is 5.92. The van der Waals surface area contributed by atoms with Crippen LogP contribution in [0.4, 0.5) is 13.2 Å². The summed E-state index contributed by atoms with van der Waals surface area (Å²) in [4.78, 5) is 26.8. The van der Waals surface area contributed by atoms with Crippen LogP contribution in [0.3, 0.4) is 0 Å². The number of alkyl halides is 3. The van der Waals surface area contributed by atoms with Crippen LogP contribution in [0.2, 0.25) is 0 Å². The number of para-hydroxylation sites is 2. The van der Waals surface area contributed by atoms with Crippen molar-refractivity contribution in [2.24, 2.45) is 0 Å². The van der Waals surface area contributed by atoms with Crippen LogP contribution in [-0.2, 0) is 12.7 Å². The molecule has 3 aromatic rings. The smallest absolute Gasteiger partial charge is 0.418 e. The summed E-state index contributed by atoms with van der Waals surface area (Å²) >= 11 is 0. The molecule has 0 saturated carbocycles. The molecule has 0 bridgehead atoms. The molecule has 0 unspecified atom stereocenters. The van der Waals surface area contributed by atoms with Crippen molar-refractivity contribution >= 4 is 5.91 Å². The van der Waals surface area contributed by atoms with Crippen molar-refractivity contribution in [1.82, 2.24) is 14.7 Å². The molecule has 6 nitrogen and oxygen atoms in total. The first-order chi connectivity index (χ1) is 15.1. The Kier molecular flexibility index (Phi) is 6.67. The lowest BCUT2D eigenvalue weighted by Crippen LogP contribution is -2.33. The zero-order valence-corrected chi connectivity index (χ0v) is 17.8. The molecule has 0 saturated heterocycles. The van der Waals surface area contributed by atoms with Crippen LogP contribution in [0.1, 0.15) is 34.2 Å². The van der Waals surface area contributed by atoms with Gasteiger partial charge in [-0.05, 0) is 32.0 Å². The monoisotopic (exact) mass is 445 g/mol. The molecule has 168 valence electrons. The van der Waals surface area contributed by atoms with Gasteiger partial charge in [0, 0.05) is 30.9 Å². The van der Waals surface area contributed by atoms with E-state index in [1.54, 1.807) is 24.3 Å². The second-order valence-electron chi connectivity index (χ2n) is 7.13. The van der Waals surface area contributed by atoms with Gasteiger partial charge in [-0.15, -0.1) is 0 Å². The minimum absolute atomic E-state index is 0.128. The number of halogens is 3. The van der Waals surface area contributed by atoms with Crippen molar-refractivity contribution in [3.63, 3.8) is 0 Å². The van der Waals surface area contributed by atoms with Gasteiger partial charge in [0.15, 0.2) is 5.69 Å². The van der Waals surface area contributed by atoms with Crippen LogP contribution in [0.25, 0.3) is 5.69 Å². The van der Waals surface area contributed by atoms with E-state index in [0.29, 0.717) is 12.4 Å². The Hall–Kier alpha value is -3.62. The summed E-state index contributed by atoms with van der Waals surface area (Å²) in [6, 6.07) is 13.1. The molecule has 0 aliphatic carbocycles. The molecule has 1 aromatic heterocycles. The maximum absolute atomic E-state index is 13.5. The van der Waals surface area contributed by atoms with Crippen molar-refractivity contribution in [2.45, 2.75) is 26.6 Å². The minimum atomic E-state index is -4.63. The zero-order valence-electron chi connectivity index (χ0n) is 17.8. The van der Waals surface area contributed by atoms with E-state index in [4.69, 9.17) is 4.74 Å². The lowest BCUT2D eigenvalue weighted by molar-refractivity contribution is -0.137. The van der Waals surface area contributed by atoms with Gasteiger partial charge in [0.1, 0.15) is 5.75 Å². The van der Waals surface area contributed by atoms with Gasteiger partial charge >= 0.3 is 6.18 Å². The van der Waals surface area contributed by atoms with Gasteiger partial charge in [0.05, 0.1) is 17.9 Å². The quantitative estimate of drug-likeness (QED) is 0.570. The number of ether oxygens (including phenoxy) is 1. The number of nitrogens with zero attached hydrogens (tertiary/aromatic N) is 3. The first-order valence-electron chi connectivity index (χ1n) is 9.87. The van der Waals surface area contributed by atoms with Gasteiger partial charge in [-0.25, -0.2) is 4.68 Å². The number of benzene rings is 2. The van der Waals surface area contributed by atoms with Crippen molar-refractivity contribution in [3.05, 3.63) is 87.3 Å². The topological polar surface area (TPSA) is 64.4 Å². The van der Waals surface area contributed by atoms with Crippen molar-refractivity contribution in [2.75, 3.05) is 13.7 Å². The van der Waals surface area contributed by atoms with Crippen LogP contribution in [0.5, 0.6) is 5.75 Å². The molecule has 0 aliphatic heterocycles. The molecule has 3 rings (SSSR count). The Balaban J connectivity index is 2.00. The van der Waals surface area contributed by atoms with E-state index in [-0.39, 0.29) is 17.9 Å². The summed E-state index contributed by atoms with van der Waals surface area (Å²) in [5, 5.41) is 4.02. The van der Waals surface area contributed by atoms with Crippen molar-refractivity contribution in [3.8, 4) is 11.4 Å². The van der Waals surface area contributed by atoms with E-state index in [0.717, 1.165) is 22.4 Å². The average Bonchev–Trinajstić information content (AvgIpc) is 2.74. The average molecular weight is 445 g/mol. The number of hydrogen-bond acceptors (Lipinski definition) is 4. The number of aryl methyl sites for hydroxylation is 1. The van der Waals surface area contributed by atoms with E-state index < -0.39 is 28.8 Å². The Labute approximate surface area is 182 Å². The SMILES string of the molecule is CCOc1ccccc1CN(C)C(=O)c1nn(-c2ccccc2C(F)(F)F)c(C)cc1=O. The molecule has 0 spiro atoms. The van der Waals surface area contributed by atoms with E-state index in [9.17, 15) is 22.8 Å². The first kappa shape index (κ1) is 23.1. The number of aromatic nitrogens is 2. The van der Waals surface area contributed by atoms with E-state index in [1.807, 2.05) is 6.92 Å². The van der Waals surface area contributed by atoms with Crippen molar-refractivity contribution in [1.29, 1.82) is 0 Å². The number of rotatable bonds is 6. The summed E-state index contributed by atoms with van der Waals surface area (Å²) in [5.41, 5.74) is -1.43. The van der Waals surface area contributed by atoms with Gasteiger partial charge < -0.3 is 9.64 Å². The first-order valence-corrected chi connectivity index (χ1v) is 9.87. The van der Waals surface area contributed by atoms with Gasteiger partial charge in [-0.3, -0.25) is 9.59 Å². The fraction of sp³-hybridized carbons (Fsp3) is 0.261. The second kappa shape index (κ2) is 9.25. The largest absolute Gasteiger partial charge is 0.494 e. The third-order valence-corrected chi connectivity index (χ3v) is 4.77. The molecule has 0 radical (unpaired) electrons. The molecule has 0 atom stereocenters.